The molecule has 0 fully saturated rings. The number of nitrogen functional groups attached to an aromatic ring is 2. The second-order valence-electron chi connectivity index (χ2n) is 4.32. The van der Waals surface area contributed by atoms with Gasteiger partial charge in [-0.3, -0.25) is 9.59 Å². The molecule has 94 valence electrons. The number of hydrogen-bond acceptors (Lipinski definition) is 4. The third-order valence-electron chi connectivity index (χ3n) is 3.22. The molecule has 19 heavy (non-hydrogen) atoms. The van der Waals surface area contributed by atoms with Crippen LogP contribution in [-0.2, 0) is 0 Å². The molecule has 0 aromatic heterocycles. The Bertz CT molecular complexity index is 753. The first-order chi connectivity index (χ1) is 9.02. The number of rotatable bonds is 0. The van der Waals surface area contributed by atoms with Gasteiger partial charge in [0.15, 0.2) is 11.6 Å². The Balaban J connectivity index is 2.40. The van der Waals surface area contributed by atoms with Crippen molar-refractivity contribution in [2.24, 2.45) is 0 Å². The molecule has 5 heteroatoms. The van der Waals surface area contributed by atoms with E-state index in [1.165, 1.54) is 6.07 Å². The van der Waals surface area contributed by atoms with Crippen LogP contribution in [0.1, 0.15) is 31.8 Å². The molecule has 0 atom stereocenters. The molecule has 1 aliphatic rings. The van der Waals surface area contributed by atoms with E-state index in [2.05, 4.69) is 15.9 Å². The van der Waals surface area contributed by atoms with Crippen molar-refractivity contribution in [3.63, 3.8) is 0 Å². The van der Waals surface area contributed by atoms with Crippen molar-refractivity contribution in [2.75, 3.05) is 11.5 Å². The number of halogens is 1. The zero-order chi connectivity index (χ0) is 13.7. The molecule has 0 unspecified atom stereocenters. The van der Waals surface area contributed by atoms with Gasteiger partial charge in [0, 0.05) is 16.7 Å². The van der Waals surface area contributed by atoms with Crippen LogP contribution in [-0.4, -0.2) is 11.6 Å². The second-order valence-corrected chi connectivity index (χ2v) is 5.11. The summed E-state index contributed by atoms with van der Waals surface area (Å²) in [6.07, 6.45) is 0. The second kappa shape index (κ2) is 3.93. The van der Waals surface area contributed by atoms with E-state index in [9.17, 15) is 9.59 Å². The molecule has 0 saturated carbocycles. The van der Waals surface area contributed by atoms with Crippen molar-refractivity contribution >= 4 is 38.9 Å². The van der Waals surface area contributed by atoms with Gasteiger partial charge < -0.3 is 11.5 Å². The Morgan fingerprint density at radius 2 is 1.47 bits per heavy atom. The summed E-state index contributed by atoms with van der Waals surface area (Å²) in [5.74, 6) is -0.429. The Labute approximate surface area is 117 Å². The Morgan fingerprint density at radius 3 is 2.11 bits per heavy atom. The summed E-state index contributed by atoms with van der Waals surface area (Å²) >= 11 is 3.26. The molecular weight excluding hydrogens is 308 g/mol. The summed E-state index contributed by atoms with van der Waals surface area (Å²) < 4.78 is 0.385. The number of benzene rings is 2. The van der Waals surface area contributed by atoms with E-state index in [1.54, 1.807) is 24.3 Å². The minimum atomic E-state index is -0.219. The molecule has 0 radical (unpaired) electrons. The van der Waals surface area contributed by atoms with Gasteiger partial charge in [0.2, 0.25) is 0 Å². The van der Waals surface area contributed by atoms with E-state index in [1.807, 2.05) is 0 Å². The highest BCUT2D eigenvalue weighted by Crippen LogP contribution is 2.38. The zero-order valence-corrected chi connectivity index (χ0v) is 11.3. The number of carbonyl (C=O) groups excluding carboxylic acids is 2. The first kappa shape index (κ1) is 11.9. The first-order valence-electron chi connectivity index (χ1n) is 5.58. The minimum Gasteiger partial charge on any atom is -0.397 e. The monoisotopic (exact) mass is 316 g/mol. The predicted molar refractivity (Wildman–Crippen MR) is 76.3 cm³/mol. The Kier molecular flexibility index (Phi) is 2.46. The molecule has 1 aliphatic carbocycles. The maximum atomic E-state index is 12.5. The highest BCUT2D eigenvalue weighted by atomic mass is 79.9. The molecular formula is C14H9BrN2O2. The number of ketones is 2. The summed E-state index contributed by atoms with van der Waals surface area (Å²) in [5.41, 5.74) is 13.5. The summed E-state index contributed by atoms with van der Waals surface area (Å²) in [6, 6.07) is 8.19. The number of hydrogen-bond donors (Lipinski definition) is 2. The van der Waals surface area contributed by atoms with E-state index < -0.39 is 0 Å². The van der Waals surface area contributed by atoms with Gasteiger partial charge in [-0.15, -0.1) is 0 Å². The summed E-state index contributed by atoms with van der Waals surface area (Å²) in [5, 5.41) is 0. The van der Waals surface area contributed by atoms with E-state index in [0.29, 0.717) is 21.2 Å². The Morgan fingerprint density at radius 1 is 0.895 bits per heavy atom. The van der Waals surface area contributed by atoms with Crippen molar-refractivity contribution in [3.05, 3.63) is 57.1 Å². The van der Waals surface area contributed by atoms with Crippen LogP contribution in [0.2, 0.25) is 0 Å². The molecule has 0 amide bonds. The molecule has 0 bridgehead atoms. The lowest BCUT2D eigenvalue weighted by atomic mass is 9.83. The van der Waals surface area contributed by atoms with Crippen LogP contribution >= 0.6 is 15.9 Å². The fourth-order valence-electron chi connectivity index (χ4n) is 2.24. The van der Waals surface area contributed by atoms with E-state index in [-0.39, 0.29) is 28.5 Å². The smallest absolute Gasteiger partial charge is 0.195 e. The van der Waals surface area contributed by atoms with Gasteiger partial charge in [0.25, 0.3) is 0 Å². The lowest BCUT2D eigenvalue weighted by Crippen LogP contribution is -2.22. The molecule has 0 saturated heterocycles. The largest absolute Gasteiger partial charge is 0.397 e. The van der Waals surface area contributed by atoms with E-state index >= 15 is 0 Å². The van der Waals surface area contributed by atoms with Gasteiger partial charge in [0.05, 0.1) is 21.4 Å². The number of carbonyl (C=O) groups is 2. The standard InChI is InChI=1S/C14H9BrN2O2/c15-11-10-8(5-9(16)12(11)17)13(18)6-3-1-2-4-7(6)14(10)19/h1-5H,16-17H2. The lowest BCUT2D eigenvalue weighted by Gasteiger charge is -2.20. The third kappa shape index (κ3) is 1.51. The predicted octanol–water partition coefficient (Wildman–Crippen LogP) is 2.39. The lowest BCUT2D eigenvalue weighted by molar-refractivity contribution is 0.0978. The molecule has 0 spiro atoms. The van der Waals surface area contributed by atoms with Crippen LogP contribution in [0, 0.1) is 0 Å². The summed E-state index contributed by atoms with van der Waals surface area (Å²) in [6.45, 7) is 0. The van der Waals surface area contributed by atoms with Crippen LogP contribution in [0.25, 0.3) is 0 Å². The van der Waals surface area contributed by atoms with Gasteiger partial charge in [-0.05, 0) is 22.0 Å². The fourth-order valence-corrected chi connectivity index (χ4v) is 2.87. The van der Waals surface area contributed by atoms with Crippen LogP contribution in [0.5, 0.6) is 0 Å². The quantitative estimate of drug-likeness (QED) is 0.623. The summed E-state index contributed by atoms with van der Waals surface area (Å²) in [7, 11) is 0. The molecule has 4 N–H and O–H groups in total. The SMILES string of the molecule is Nc1cc2c(c(Br)c1N)C(=O)c1ccccc1C2=O. The van der Waals surface area contributed by atoms with E-state index in [0.717, 1.165) is 0 Å². The first-order valence-corrected chi connectivity index (χ1v) is 6.37. The van der Waals surface area contributed by atoms with Gasteiger partial charge in [0.1, 0.15) is 0 Å². The topological polar surface area (TPSA) is 86.2 Å². The van der Waals surface area contributed by atoms with Crippen LogP contribution in [0.15, 0.2) is 34.8 Å². The molecule has 4 nitrogen and oxygen atoms in total. The Hall–Kier alpha value is -2.14. The van der Waals surface area contributed by atoms with Crippen molar-refractivity contribution in [1.82, 2.24) is 0 Å². The maximum Gasteiger partial charge on any atom is 0.195 e. The number of anilines is 2. The number of fused-ring (bicyclic) bond motifs is 2. The van der Waals surface area contributed by atoms with Gasteiger partial charge in [-0.2, -0.15) is 0 Å². The van der Waals surface area contributed by atoms with Gasteiger partial charge in [-0.25, -0.2) is 0 Å². The third-order valence-corrected chi connectivity index (χ3v) is 4.05. The zero-order valence-electron chi connectivity index (χ0n) is 9.74. The summed E-state index contributed by atoms with van der Waals surface area (Å²) in [4.78, 5) is 24.9. The fraction of sp³-hybridized carbons (Fsp3) is 0. The highest BCUT2D eigenvalue weighted by Gasteiger charge is 2.32. The van der Waals surface area contributed by atoms with Gasteiger partial charge in [-0.1, -0.05) is 24.3 Å². The minimum absolute atomic E-state index is 0.211. The number of nitrogens with two attached hydrogens (primary N) is 2. The molecule has 0 heterocycles. The van der Waals surface area contributed by atoms with Crippen molar-refractivity contribution < 1.29 is 9.59 Å². The van der Waals surface area contributed by atoms with E-state index in [4.69, 9.17) is 11.5 Å². The molecule has 2 aromatic rings. The van der Waals surface area contributed by atoms with Crippen molar-refractivity contribution in [1.29, 1.82) is 0 Å². The average molecular weight is 317 g/mol. The van der Waals surface area contributed by atoms with Crippen LogP contribution in [0.4, 0.5) is 11.4 Å². The van der Waals surface area contributed by atoms with Crippen molar-refractivity contribution in [3.8, 4) is 0 Å². The normalized spacial score (nSPS) is 13.1. The van der Waals surface area contributed by atoms with Gasteiger partial charge >= 0.3 is 0 Å². The van der Waals surface area contributed by atoms with Crippen LogP contribution in [0.3, 0.4) is 0 Å². The average Bonchev–Trinajstić information content (AvgIpc) is 2.42. The molecule has 2 aromatic carbocycles. The van der Waals surface area contributed by atoms with Crippen LogP contribution < -0.4 is 11.5 Å². The highest BCUT2D eigenvalue weighted by molar-refractivity contribution is 9.10. The molecule has 3 rings (SSSR count). The molecule has 0 aliphatic heterocycles. The van der Waals surface area contributed by atoms with Crippen molar-refractivity contribution in [2.45, 2.75) is 0 Å². The maximum absolute atomic E-state index is 12.5.